The first kappa shape index (κ1) is 17.9. The average Bonchev–Trinajstić information content (AvgIpc) is 2.62. The van der Waals surface area contributed by atoms with Crippen LogP contribution in [0.5, 0.6) is 0 Å². The quantitative estimate of drug-likeness (QED) is 0.453. The van der Waals surface area contributed by atoms with Gasteiger partial charge in [0.05, 0.1) is 15.5 Å². The normalized spacial score (nSPS) is 10.4. The second kappa shape index (κ2) is 7.56. The summed E-state index contributed by atoms with van der Waals surface area (Å²) in [4.78, 5) is 22.6. The molecule has 3 aromatic rings. The Morgan fingerprint density at radius 1 is 0.885 bits per heavy atom. The SMILES string of the molecule is O=C(Nc1ccc(-c2ccc([N+](=O)[O-])cc2)cc1)c1ccc(Cl)cc1Cl. The third-order valence-electron chi connectivity index (χ3n) is 3.73. The second-order valence-electron chi connectivity index (χ2n) is 5.46. The summed E-state index contributed by atoms with van der Waals surface area (Å²) in [5.41, 5.74) is 2.69. The van der Waals surface area contributed by atoms with Gasteiger partial charge in [-0.25, -0.2) is 0 Å². The van der Waals surface area contributed by atoms with Crippen LogP contribution >= 0.6 is 23.2 Å². The van der Waals surface area contributed by atoms with E-state index >= 15 is 0 Å². The molecule has 1 amide bonds. The molecule has 0 aromatic heterocycles. The molecule has 1 N–H and O–H groups in total. The van der Waals surface area contributed by atoms with Gasteiger partial charge < -0.3 is 5.32 Å². The number of carbonyl (C=O) groups is 1. The fourth-order valence-electron chi connectivity index (χ4n) is 2.39. The van der Waals surface area contributed by atoms with Crippen molar-refractivity contribution < 1.29 is 9.72 Å². The molecule has 0 spiro atoms. The van der Waals surface area contributed by atoms with Gasteiger partial charge in [0.15, 0.2) is 0 Å². The number of benzene rings is 3. The molecule has 5 nitrogen and oxygen atoms in total. The number of nitro groups is 1. The van der Waals surface area contributed by atoms with Crippen LogP contribution < -0.4 is 5.32 Å². The van der Waals surface area contributed by atoms with Crippen LogP contribution in [0, 0.1) is 10.1 Å². The lowest BCUT2D eigenvalue weighted by Gasteiger charge is -2.08. The van der Waals surface area contributed by atoms with Crippen LogP contribution in [-0.4, -0.2) is 10.8 Å². The Morgan fingerprint density at radius 2 is 1.46 bits per heavy atom. The van der Waals surface area contributed by atoms with Gasteiger partial charge in [-0.1, -0.05) is 35.3 Å². The first-order valence-corrected chi connectivity index (χ1v) is 8.31. The molecule has 0 heterocycles. The Hall–Kier alpha value is -2.89. The summed E-state index contributed by atoms with van der Waals surface area (Å²) in [7, 11) is 0. The zero-order valence-electron chi connectivity index (χ0n) is 13.3. The molecule has 0 saturated carbocycles. The van der Waals surface area contributed by atoms with Gasteiger partial charge in [0.2, 0.25) is 0 Å². The highest BCUT2D eigenvalue weighted by atomic mass is 35.5. The van der Waals surface area contributed by atoms with Crippen LogP contribution in [0.3, 0.4) is 0 Å². The van der Waals surface area contributed by atoms with E-state index in [2.05, 4.69) is 5.32 Å². The maximum absolute atomic E-state index is 12.3. The lowest BCUT2D eigenvalue weighted by Crippen LogP contribution is -2.12. The molecule has 0 radical (unpaired) electrons. The smallest absolute Gasteiger partial charge is 0.269 e. The summed E-state index contributed by atoms with van der Waals surface area (Å²) >= 11 is 11.9. The Morgan fingerprint density at radius 3 is 2.00 bits per heavy atom. The number of nitro benzene ring substituents is 1. The molecule has 3 aromatic carbocycles. The van der Waals surface area contributed by atoms with Crippen LogP contribution in [0.2, 0.25) is 10.0 Å². The maximum Gasteiger partial charge on any atom is 0.269 e. The Bertz CT molecular complexity index is 971. The van der Waals surface area contributed by atoms with Crippen molar-refractivity contribution in [3.8, 4) is 11.1 Å². The molecule has 7 heteroatoms. The van der Waals surface area contributed by atoms with Crippen LogP contribution in [0.15, 0.2) is 66.7 Å². The molecule has 0 aliphatic rings. The molecule has 0 aliphatic heterocycles. The molecule has 0 bridgehead atoms. The van der Waals surface area contributed by atoms with Crippen molar-refractivity contribution in [1.82, 2.24) is 0 Å². The lowest BCUT2D eigenvalue weighted by atomic mass is 10.0. The fraction of sp³-hybridized carbons (Fsp3) is 0. The topological polar surface area (TPSA) is 72.2 Å². The summed E-state index contributed by atoms with van der Waals surface area (Å²) in [6, 6.07) is 18.1. The third-order valence-corrected chi connectivity index (χ3v) is 4.28. The van der Waals surface area contributed by atoms with E-state index in [9.17, 15) is 14.9 Å². The average molecular weight is 387 g/mol. The monoisotopic (exact) mass is 386 g/mol. The maximum atomic E-state index is 12.3. The van der Waals surface area contributed by atoms with Crippen molar-refractivity contribution >= 4 is 40.5 Å². The van der Waals surface area contributed by atoms with Crippen LogP contribution in [0.4, 0.5) is 11.4 Å². The summed E-state index contributed by atoms with van der Waals surface area (Å²) < 4.78 is 0. The first-order valence-electron chi connectivity index (χ1n) is 7.55. The number of halogens is 2. The molecule has 0 atom stereocenters. The minimum absolute atomic E-state index is 0.0393. The predicted octanol–water partition coefficient (Wildman–Crippen LogP) is 5.82. The van der Waals surface area contributed by atoms with Gasteiger partial charge in [0.1, 0.15) is 0 Å². The highest BCUT2D eigenvalue weighted by Gasteiger charge is 2.11. The first-order chi connectivity index (χ1) is 12.4. The molecule has 0 fully saturated rings. The van der Waals surface area contributed by atoms with Crippen LogP contribution in [0.1, 0.15) is 10.4 Å². The van der Waals surface area contributed by atoms with E-state index in [1.807, 2.05) is 12.1 Å². The van der Waals surface area contributed by atoms with Crippen LogP contribution in [0.25, 0.3) is 11.1 Å². The number of hydrogen-bond acceptors (Lipinski definition) is 3. The van der Waals surface area contributed by atoms with Gasteiger partial charge >= 0.3 is 0 Å². The molecule has 0 saturated heterocycles. The van der Waals surface area contributed by atoms with E-state index in [-0.39, 0.29) is 16.6 Å². The summed E-state index contributed by atoms with van der Waals surface area (Å²) in [6.07, 6.45) is 0. The summed E-state index contributed by atoms with van der Waals surface area (Å²) in [5, 5.41) is 14.2. The van der Waals surface area contributed by atoms with E-state index in [0.29, 0.717) is 16.3 Å². The Balaban J connectivity index is 1.75. The number of nitrogens with zero attached hydrogens (tertiary/aromatic N) is 1. The summed E-state index contributed by atoms with van der Waals surface area (Å²) in [6.45, 7) is 0. The number of anilines is 1. The summed E-state index contributed by atoms with van der Waals surface area (Å²) in [5.74, 6) is -0.338. The highest BCUT2D eigenvalue weighted by molar-refractivity contribution is 6.37. The van der Waals surface area contributed by atoms with Gasteiger partial charge in [-0.2, -0.15) is 0 Å². The number of non-ortho nitro benzene ring substituents is 1. The Labute approximate surface area is 159 Å². The number of carbonyl (C=O) groups excluding carboxylic acids is 1. The molecule has 130 valence electrons. The van der Waals surface area contributed by atoms with Gasteiger partial charge in [0.25, 0.3) is 11.6 Å². The zero-order valence-corrected chi connectivity index (χ0v) is 14.8. The second-order valence-corrected chi connectivity index (χ2v) is 6.30. The van der Waals surface area contributed by atoms with E-state index in [1.165, 1.54) is 18.2 Å². The number of rotatable bonds is 4. The van der Waals surface area contributed by atoms with E-state index < -0.39 is 4.92 Å². The van der Waals surface area contributed by atoms with Crippen molar-refractivity contribution in [3.63, 3.8) is 0 Å². The number of hydrogen-bond donors (Lipinski definition) is 1. The van der Waals surface area contributed by atoms with Crippen molar-refractivity contribution in [3.05, 3.63) is 92.5 Å². The molecule has 26 heavy (non-hydrogen) atoms. The zero-order chi connectivity index (χ0) is 18.7. The van der Waals surface area contributed by atoms with Crippen molar-refractivity contribution in [2.75, 3.05) is 5.32 Å². The fourth-order valence-corrected chi connectivity index (χ4v) is 2.89. The lowest BCUT2D eigenvalue weighted by molar-refractivity contribution is -0.384. The highest BCUT2D eigenvalue weighted by Crippen LogP contribution is 2.25. The van der Waals surface area contributed by atoms with Crippen molar-refractivity contribution in [2.24, 2.45) is 0 Å². The van der Waals surface area contributed by atoms with Crippen molar-refractivity contribution in [1.29, 1.82) is 0 Å². The van der Waals surface area contributed by atoms with Crippen LogP contribution in [-0.2, 0) is 0 Å². The molecular weight excluding hydrogens is 375 g/mol. The van der Waals surface area contributed by atoms with Gasteiger partial charge in [-0.05, 0) is 53.6 Å². The largest absolute Gasteiger partial charge is 0.322 e. The molecule has 0 unspecified atom stereocenters. The minimum Gasteiger partial charge on any atom is -0.322 e. The number of nitrogens with one attached hydrogen (secondary N) is 1. The Kier molecular flexibility index (Phi) is 5.21. The van der Waals surface area contributed by atoms with Gasteiger partial charge in [0, 0.05) is 22.8 Å². The standard InChI is InChI=1S/C19H12Cl2N2O3/c20-14-5-10-17(18(21)11-14)19(24)22-15-6-1-12(2-7-15)13-3-8-16(9-4-13)23(25)26/h1-11H,(H,22,24). The molecule has 3 rings (SSSR count). The number of amides is 1. The van der Waals surface area contributed by atoms with Crippen molar-refractivity contribution in [2.45, 2.75) is 0 Å². The van der Waals surface area contributed by atoms with Gasteiger partial charge in [-0.15, -0.1) is 0 Å². The van der Waals surface area contributed by atoms with E-state index in [1.54, 1.807) is 36.4 Å². The molecular formula is C19H12Cl2N2O3. The van der Waals surface area contributed by atoms with E-state index in [4.69, 9.17) is 23.2 Å². The minimum atomic E-state index is -0.440. The van der Waals surface area contributed by atoms with E-state index in [0.717, 1.165) is 11.1 Å². The third kappa shape index (κ3) is 4.02. The molecule has 0 aliphatic carbocycles. The predicted molar refractivity (Wildman–Crippen MR) is 103 cm³/mol. The van der Waals surface area contributed by atoms with Gasteiger partial charge in [-0.3, -0.25) is 14.9 Å².